The van der Waals surface area contributed by atoms with Crippen molar-refractivity contribution in [2.45, 2.75) is 26.4 Å². The van der Waals surface area contributed by atoms with E-state index in [4.69, 9.17) is 9.26 Å². The average Bonchev–Trinajstić information content (AvgIpc) is 2.76. The van der Waals surface area contributed by atoms with Gasteiger partial charge in [-0.3, -0.25) is 0 Å². The zero-order chi connectivity index (χ0) is 13.0. The lowest BCUT2D eigenvalue weighted by Gasteiger charge is -2.03. The summed E-state index contributed by atoms with van der Waals surface area (Å²) in [4.78, 5) is 4.06. The standard InChI is InChI=1S/C12H12F2N2O2/c1-2-3-11-15-12(18-16-11)7-17-10-5-4-8(13)6-9(10)14/h4-6H,2-3,7H2,1H3. The number of halogens is 2. The topological polar surface area (TPSA) is 48.2 Å². The molecule has 0 N–H and O–H groups in total. The van der Waals surface area contributed by atoms with Gasteiger partial charge in [0, 0.05) is 12.5 Å². The lowest BCUT2D eigenvalue weighted by molar-refractivity contribution is 0.233. The zero-order valence-corrected chi connectivity index (χ0v) is 9.82. The minimum absolute atomic E-state index is 0.0424. The minimum Gasteiger partial charge on any atom is -0.481 e. The fraction of sp³-hybridized carbons (Fsp3) is 0.333. The van der Waals surface area contributed by atoms with Crippen LogP contribution in [0.3, 0.4) is 0 Å². The Morgan fingerprint density at radius 3 is 2.89 bits per heavy atom. The SMILES string of the molecule is CCCc1noc(COc2ccc(F)cc2F)n1. The molecule has 1 aromatic carbocycles. The van der Waals surface area contributed by atoms with Crippen LogP contribution in [-0.4, -0.2) is 10.1 Å². The third kappa shape index (κ3) is 3.03. The number of rotatable bonds is 5. The molecule has 0 atom stereocenters. The Morgan fingerprint density at radius 2 is 2.17 bits per heavy atom. The molecule has 0 bridgehead atoms. The van der Waals surface area contributed by atoms with E-state index in [-0.39, 0.29) is 18.2 Å². The monoisotopic (exact) mass is 254 g/mol. The van der Waals surface area contributed by atoms with Crippen LogP contribution >= 0.6 is 0 Å². The van der Waals surface area contributed by atoms with Crippen LogP contribution in [0.2, 0.25) is 0 Å². The van der Waals surface area contributed by atoms with Gasteiger partial charge >= 0.3 is 0 Å². The highest BCUT2D eigenvalue weighted by Gasteiger charge is 2.09. The minimum atomic E-state index is -0.761. The van der Waals surface area contributed by atoms with Crippen molar-refractivity contribution in [3.63, 3.8) is 0 Å². The van der Waals surface area contributed by atoms with Gasteiger partial charge in [-0.1, -0.05) is 12.1 Å². The quantitative estimate of drug-likeness (QED) is 0.823. The normalized spacial score (nSPS) is 10.6. The summed E-state index contributed by atoms with van der Waals surface area (Å²) in [6.07, 6.45) is 1.63. The van der Waals surface area contributed by atoms with Gasteiger partial charge in [-0.05, 0) is 18.6 Å². The summed E-state index contributed by atoms with van der Waals surface area (Å²) in [7, 11) is 0. The van der Waals surface area contributed by atoms with Crippen LogP contribution < -0.4 is 4.74 Å². The molecule has 0 fully saturated rings. The number of nitrogens with zero attached hydrogens (tertiary/aromatic N) is 2. The molecule has 2 aromatic rings. The molecular formula is C12H12F2N2O2. The van der Waals surface area contributed by atoms with Crippen molar-refractivity contribution >= 4 is 0 Å². The molecule has 0 amide bonds. The summed E-state index contributed by atoms with van der Waals surface area (Å²) >= 11 is 0. The van der Waals surface area contributed by atoms with Crippen LogP contribution in [0.25, 0.3) is 0 Å². The summed E-state index contributed by atoms with van der Waals surface area (Å²) in [6.45, 7) is 1.96. The van der Waals surface area contributed by atoms with E-state index in [1.807, 2.05) is 6.92 Å². The van der Waals surface area contributed by atoms with Crippen molar-refractivity contribution in [3.8, 4) is 5.75 Å². The van der Waals surface area contributed by atoms with Crippen LogP contribution in [0, 0.1) is 11.6 Å². The van der Waals surface area contributed by atoms with Gasteiger partial charge in [-0.2, -0.15) is 4.98 Å². The predicted molar refractivity (Wildman–Crippen MR) is 59.0 cm³/mol. The maximum atomic E-state index is 13.2. The van der Waals surface area contributed by atoms with Gasteiger partial charge in [0.15, 0.2) is 24.0 Å². The third-order valence-electron chi connectivity index (χ3n) is 2.23. The van der Waals surface area contributed by atoms with E-state index in [9.17, 15) is 8.78 Å². The second-order valence-electron chi connectivity index (χ2n) is 3.72. The largest absolute Gasteiger partial charge is 0.481 e. The van der Waals surface area contributed by atoms with Crippen LogP contribution in [0.4, 0.5) is 8.78 Å². The summed E-state index contributed by atoms with van der Waals surface area (Å²) < 4.78 is 36.0. The van der Waals surface area contributed by atoms with Crippen LogP contribution in [0.1, 0.15) is 25.1 Å². The first kappa shape index (κ1) is 12.5. The van der Waals surface area contributed by atoms with Crippen LogP contribution in [0.5, 0.6) is 5.75 Å². The van der Waals surface area contributed by atoms with Gasteiger partial charge in [0.2, 0.25) is 0 Å². The van der Waals surface area contributed by atoms with Gasteiger partial charge in [-0.25, -0.2) is 8.78 Å². The van der Waals surface area contributed by atoms with Gasteiger partial charge in [0.1, 0.15) is 5.82 Å². The number of hydrogen-bond donors (Lipinski definition) is 0. The highest BCUT2D eigenvalue weighted by molar-refractivity contribution is 5.24. The number of ether oxygens (including phenoxy) is 1. The number of aryl methyl sites for hydroxylation is 1. The first-order valence-corrected chi connectivity index (χ1v) is 5.58. The molecule has 6 heteroatoms. The summed E-state index contributed by atoms with van der Waals surface area (Å²) in [5, 5.41) is 3.73. The van der Waals surface area contributed by atoms with E-state index in [0.717, 1.165) is 18.6 Å². The number of hydrogen-bond acceptors (Lipinski definition) is 4. The molecule has 2 rings (SSSR count). The number of aromatic nitrogens is 2. The van der Waals surface area contributed by atoms with Crippen molar-refractivity contribution in [1.82, 2.24) is 10.1 Å². The Hall–Kier alpha value is -1.98. The van der Waals surface area contributed by atoms with Crippen molar-refractivity contribution in [2.24, 2.45) is 0 Å². The maximum absolute atomic E-state index is 13.2. The fourth-order valence-corrected chi connectivity index (χ4v) is 1.41. The first-order valence-electron chi connectivity index (χ1n) is 5.58. The van der Waals surface area contributed by atoms with Crippen molar-refractivity contribution in [3.05, 3.63) is 41.5 Å². The molecule has 0 saturated heterocycles. The van der Waals surface area contributed by atoms with Crippen molar-refractivity contribution < 1.29 is 18.0 Å². The Morgan fingerprint density at radius 1 is 1.33 bits per heavy atom. The maximum Gasteiger partial charge on any atom is 0.264 e. The van der Waals surface area contributed by atoms with E-state index in [2.05, 4.69) is 10.1 Å². The molecule has 1 heterocycles. The summed E-state index contributed by atoms with van der Waals surface area (Å²) in [6, 6.07) is 3.09. The molecule has 4 nitrogen and oxygen atoms in total. The lowest BCUT2D eigenvalue weighted by atomic mass is 10.3. The van der Waals surface area contributed by atoms with E-state index in [1.165, 1.54) is 6.07 Å². The fourth-order valence-electron chi connectivity index (χ4n) is 1.41. The summed E-state index contributed by atoms with van der Waals surface area (Å²) in [5.74, 6) is -0.601. The molecule has 96 valence electrons. The molecule has 0 spiro atoms. The number of benzene rings is 1. The molecule has 0 unspecified atom stereocenters. The van der Waals surface area contributed by atoms with Crippen molar-refractivity contribution in [2.75, 3.05) is 0 Å². The Labute approximate surface area is 103 Å². The smallest absolute Gasteiger partial charge is 0.264 e. The van der Waals surface area contributed by atoms with E-state index < -0.39 is 11.6 Å². The Bertz CT molecular complexity index is 529. The molecule has 0 aliphatic rings. The summed E-state index contributed by atoms with van der Waals surface area (Å²) in [5.41, 5.74) is 0. The Balaban J connectivity index is 1.97. The first-order chi connectivity index (χ1) is 8.69. The highest BCUT2D eigenvalue weighted by Crippen LogP contribution is 2.18. The molecular weight excluding hydrogens is 242 g/mol. The average molecular weight is 254 g/mol. The third-order valence-corrected chi connectivity index (χ3v) is 2.23. The molecule has 1 aromatic heterocycles. The molecule has 0 aliphatic heterocycles. The van der Waals surface area contributed by atoms with Gasteiger partial charge in [0.05, 0.1) is 0 Å². The predicted octanol–water partition coefficient (Wildman–Crippen LogP) is 2.88. The van der Waals surface area contributed by atoms with E-state index >= 15 is 0 Å². The Kier molecular flexibility index (Phi) is 3.86. The van der Waals surface area contributed by atoms with E-state index in [1.54, 1.807) is 0 Å². The molecule has 0 radical (unpaired) electrons. The molecule has 18 heavy (non-hydrogen) atoms. The van der Waals surface area contributed by atoms with Crippen LogP contribution in [-0.2, 0) is 13.0 Å². The lowest BCUT2D eigenvalue weighted by Crippen LogP contribution is -1.98. The van der Waals surface area contributed by atoms with Crippen LogP contribution in [0.15, 0.2) is 22.7 Å². The molecule has 0 aliphatic carbocycles. The molecule has 0 saturated carbocycles. The zero-order valence-electron chi connectivity index (χ0n) is 9.82. The second kappa shape index (κ2) is 5.57. The second-order valence-corrected chi connectivity index (χ2v) is 3.72. The van der Waals surface area contributed by atoms with Gasteiger partial charge in [-0.15, -0.1) is 0 Å². The van der Waals surface area contributed by atoms with Gasteiger partial charge < -0.3 is 9.26 Å². The van der Waals surface area contributed by atoms with Gasteiger partial charge in [0.25, 0.3) is 5.89 Å². The van der Waals surface area contributed by atoms with Crippen molar-refractivity contribution in [1.29, 1.82) is 0 Å². The van der Waals surface area contributed by atoms with E-state index in [0.29, 0.717) is 12.2 Å². The highest BCUT2D eigenvalue weighted by atomic mass is 19.1.